The Bertz CT molecular complexity index is 347. The van der Waals surface area contributed by atoms with Gasteiger partial charge in [0.2, 0.25) is 0 Å². The van der Waals surface area contributed by atoms with Gasteiger partial charge in [0.25, 0.3) is 0 Å². The number of hydrogen-bond donors (Lipinski definition) is 2. The largest absolute Gasteiger partial charge is 0.480 e. The molecule has 0 amide bonds. The molecule has 90 valence electrons. The number of aryl methyl sites for hydroxylation is 1. The van der Waals surface area contributed by atoms with E-state index in [1.807, 2.05) is 31.6 Å². The first-order chi connectivity index (χ1) is 7.50. The van der Waals surface area contributed by atoms with Crippen molar-refractivity contribution in [1.82, 2.24) is 15.1 Å². The fourth-order valence-electron chi connectivity index (χ4n) is 1.53. The van der Waals surface area contributed by atoms with Crippen molar-refractivity contribution < 1.29 is 9.90 Å². The topological polar surface area (TPSA) is 67.2 Å². The van der Waals surface area contributed by atoms with Crippen LogP contribution in [0.1, 0.15) is 19.4 Å². The van der Waals surface area contributed by atoms with Gasteiger partial charge in [0.15, 0.2) is 0 Å². The number of nitrogens with zero attached hydrogens (tertiary/aromatic N) is 2. The highest BCUT2D eigenvalue weighted by Gasteiger charge is 2.19. The summed E-state index contributed by atoms with van der Waals surface area (Å²) in [6.45, 7) is 7.05. The molecular weight excluding hydrogens is 206 g/mol. The minimum atomic E-state index is -0.799. The van der Waals surface area contributed by atoms with Crippen molar-refractivity contribution >= 4 is 5.97 Å². The Morgan fingerprint density at radius 2 is 2.31 bits per heavy atom. The van der Waals surface area contributed by atoms with Crippen molar-refractivity contribution in [2.24, 2.45) is 5.92 Å². The Hall–Kier alpha value is -1.36. The van der Waals surface area contributed by atoms with E-state index in [2.05, 4.69) is 10.4 Å². The average molecular weight is 225 g/mol. The van der Waals surface area contributed by atoms with Crippen molar-refractivity contribution in [2.75, 3.05) is 6.54 Å². The molecule has 0 aliphatic rings. The van der Waals surface area contributed by atoms with E-state index in [1.165, 1.54) is 0 Å². The number of carboxylic acid groups (broad SMARTS) is 1. The van der Waals surface area contributed by atoms with Crippen LogP contribution in [0.5, 0.6) is 0 Å². The van der Waals surface area contributed by atoms with Crippen LogP contribution < -0.4 is 5.32 Å². The molecule has 5 nitrogen and oxygen atoms in total. The van der Waals surface area contributed by atoms with Gasteiger partial charge in [0.05, 0.1) is 12.7 Å². The van der Waals surface area contributed by atoms with Crippen LogP contribution in [0.4, 0.5) is 0 Å². The summed E-state index contributed by atoms with van der Waals surface area (Å²) in [5.74, 6) is -0.719. The molecule has 0 saturated carbocycles. The number of aliphatic carboxylic acids is 1. The lowest BCUT2D eigenvalue weighted by Crippen LogP contribution is -2.42. The first-order valence-electron chi connectivity index (χ1n) is 5.46. The van der Waals surface area contributed by atoms with Gasteiger partial charge in [0.1, 0.15) is 6.04 Å². The highest BCUT2D eigenvalue weighted by molar-refractivity contribution is 5.73. The summed E-state index contributed by atoms with van der Waals surface area (Å²) in [4.78, 5) is 10.9. The summed E-state index contributed by atoms with van der Waals surface area (Å²) < 4.78 is 1.81. The van der Waals surface area contributed by atoms with Gasteiger partial charge in [-0.3, -0.25) is 9.48 Å². The smallest absolute Gasteiger partial charge is 0.320 e. The number of carbonyl (C=O) groups is 1. The molecule has 1 rings (SSSR count). The minimum Gasteiger partial charge on any atom is -0.480 e. The predicted octanol–water partition coefficient (Wildman–Crippen LogP) is 0.890. The van der Waals surface area contributed by atoms with Crippen LogP contribution in [0, 0.1) is 12.8 Å². The van der Waals surface area contributed by atoms with Gasteiger partial charge >= 0.3 is 5.97 Å². The molecule has 1 heterocycles. The Morgan fingerprint density at radius 3 is 2.75 bits per heavy atom. The monoisotopic (exact) mass is 225 g/mol. The molecule has 1 unspecified atom stereocenters. The Balaban J connectivity index is 2.36. The number of aromatic nitrogens is 2. The van der Waals surface area contributed by atoms with Gasteiger partial charge in [-0.1, -0.05) is 13.8 Å². The standard InChI is InChI=1S/C11H19N3O2/c1-8(2)10(11(15)16)12-4-5-14-7-9(3)6-13-14/h6-8,10,12H,4-5H2,1-3H3,(H,15,16). The second-order valence-corrected chi connectivity index (χ2v) is 4.29. The minimum absolute atomic E-state index is 0.0804. The molecule has 5 heteroatoms. The van der Waals surface area contributed by atoms with E-state index >= 15 is 0 Å². The van der Waals surface area contributed by atoms with Gasteiger partial charge in [-0.25, -0.2) is 0 Å². The van der Waals surface area contributed by atoms with Crippen molar-refractivity contribution in [3.63, 3.8) is 0 Å². The van der Waals surface area contributed by atoms with E-state index < -0.39 is 12.0 Å². The van der Waals surface area contributed by atoms with E-state index in [0.717, 1.165) is 5.56 Å². The molecule has 0 aliphatic heterocycles. The zero-order valence-electron chi connectivity index (χ0n) is 9.97. The van der Waals surface area contributed by atoms with Crippen molar-refractivity contribution in [3.8, 4) is 0 Å². The summed E-state index contributed by atoms with van der Waals surface area (Å²) in [5.41, 5.74) is 1.11. The number of nitrogens with one attached hydrogen (secondary N) is 1. The highest BCUT2D eigenvalue weighted by Crippen LogP contribution is 2.01. The van der Waals surface area contributed by atoms with Crippen LogP contribution in [-0.4, -0.2) is 33.4 Å². The SMILES string of the molecule is Cc1cnn(CCNC(C(=O)O)C(C)C)c1. The molecule has 0 aromatic carbocycles. The third kappa shape index (κ3) is 3.66. The lowest BCUT2D eigenvalue weighted by molar-refractivity contribution is -0.140. The molecule has 1 aromatic heterocycles. The Kier molecular flexibility index (Phi) is 4.49. The third-order valence-corrected chi connectivity index (χ3v) is 2.40. The molecule has 0 radical (unpaired) electrons. The summed E-state index contributed by atoms with van der Waals surface area (Å²) >= 11 is 0. The number of carboxylic acids is 1. The number of rotatable bonds is 6. The number of hydrogen-bond acceptors (Lipinski definition) is 3. The molecule has 0 saturated heterocycles. The van der Waals surface area contributed by atoms with E-state index in [1.54, 1.807) is 6.20 Å². The van der Waals surface area contributed by atoms with Crippen LogP contribution in [-0.2, 0) is 11.3 Å². The highest BCUT2D eigenvalue weighted by atomic mass is 16.4. The fraction of sp³-hybridized carbons (Fsp3) is 0.636. The van der Waals surface area contributed by atoms with Gasteiger partial charge in [-0.15, -0.1) is 0 Å². The summed E-state index contributed by atoms with van der Waals surface area (Å²) in [7, 11) is 0. The summed E-state index contributed by atoms with van der Waals surface area (Å²) in [5, 5.41) is 16.1. The quantitative estimate of drug-likeness (QED) is 0.754. The molecule has 1 atom stereocenters. The second kappa shape index (κ2) is 5.65. The van der Waals surface area contributed by atoms with Crippen LogP contribution >= 0.6 is 0 Å². The lowest BCUT2D eigenvalue weighted by atomic mass is 10.1. The molecule has 0 fully saturated rings. The molecule has 0 bridgehead atoms. The average Bonchev–Trinajstić information content (AvgIpc) is 2.57. The van der Waals surface area contributed by atoms with Gasteiger partial charge in [-0.2, -0.15) is 5.10 Å². The summed E-state index contributed by atoms with van der Waals surface area (Å²) in [6, 6.07) is -0.489. The summed E-state index contributed by atoms with van der Waals surface area (Å²) in [6.07, 6.45) is 3.73. The van der Waals surface area contributed by atoms with Crippen molar-refractivity contribution in [2.45, 2.75) is 33.4 Å². The zero-order chi connectivity index (χ0) is 12.1. The van der Waals surface area contributed by atoms with E-state index in [-0.39, 0.29) is 5.92 Å². The van der Waals surface area contributed by atoms with Crippen LogP contribution in [0.2, 0.25) is 0 Å². The van der Waals surface area contributed by atoms with Gasteiger partial charge in [0, 0.05) is 12.7 Å². The maximum absolute atomic E-state index is 10.9. The maximum Gasteiger partial charge on any atom is 0.320 e. The zero-order valence-corrected chi connectivity index (χ0v) is 9.97. The Labute approximate surface area is 95.5 Å². The fourth-order valence-corrected chi connectivity index (χ4v) is 1.53. The first kappa shape index (κ1) is 12.7. The normalized spacial score (nSPS) is 13.0. The third-order valence-electron chi connectivity index (χ3n) is 2.40. The van der Waals surface area contributed by atoms with E-state index in [0.29, 0.717) is 13.1 Å². The molecular formula is C11H19N3O2. The second-order valence-electron chi connectivity index (χ2n) is 4.29. The maximum atomic E-state index is 10.9. The molecule has 0 spiro atoms. The van der Waals surface area contributed by atoms with Crippen LogP contribution in [0.3, 0.4) is 0 Å². The molecule has 0 aliphatic carbocycles. The van der Waals surface area contributed by atoms with Crippen LogP contribution in [0.15, 0.2) is 12.4 Å². The van der Waals surface area contributed by atoms with Crippen molar-refractivity contribution in [1.29, 1.82) is 0 Å². The van der Waals surface area contributed by atoms with Crippen molar-refractivity contribution in [3.05, 3.63) is 18.0 Å². The molecule has 1 aromatic rings. The van der Waals surface area contributed by atoms with Gasteiger partial charge in [-0.05, 0) is 18.4 Å². The molecule has 2 N–H and O–H groups in total. The molecule has 16 heavy (non-hydrogen) atoms. The van der Waals surface area contributed by atoms with Crippen LogP contribution in [0.25, 0.3) is 0 Å². The predicted molar refractivity (Wildman–Crippen MR) is 61.2 cm³/mol. The van der Waals surface area contributed by atoms with E-state index in [4.69, 9.17) is 5.11 Å². The Morgan fingerprint density at radius 1 is 1.62 bits per heavy atom. The van der Waals surface area contributed by atoms with Gasteiger partial charge < -0.3 is 10.4 Å². The van der Waals surface area contributed by atoms with E-state index in [9.17, 15) is 4.79 Å². The first-order valence-corrected chi connectivity index (χ1v) is 5.46. The lowest BCUT2D eigenvalue weighted by Gasteiger charge is -2.17.